The van der Waals surface area contributed by atoms with Crippen LogP contribution in [0.1, 0.15) is 40.7 Å². The first-order valence-corrected chi connectivity index (χ1v) is 11.1. The fourth-order valence-corrected chi connectivity index (χ4v) is 5.54. The van der Waals surface area contributed by atoms with E-state index in [2.05, 4.69) is 6.07 Å². The van der Waals surface area contributed by atoms with Crippen LogP contribution >= 0.6 is 0 Å². The Morgan fingerprint density at radius 3 is 2.39 bits per heavy atom. The molecule has 5 nitrogen and oxygen atoms in total. The van der Waals surface area contributed by atoms with E-state index in [-0.39, 0.29) is 11.5 Å². The minimum atomic E-state index is -3.94. The van der Waals surface area contributed by atoms with Crippen molar-refractivity contribution in [1.82, 2.24) is 9.21 Å². The molecule has 2 aliphatic rings. The van der Waals surface area contributed by atoms with Gasteiger partial charge in [0, 0.05) is 31.7 Å². The predicted molar refractivity (Wildman–Crippen MR) is 104 cm³/mol. The van der Waals surface area contributed by atoms with Crippen molar-refractivity contribution in [3.8, 4) is 0 Å². The van der Waals surface area contributed by atoms with E-state index in [0.717, 1.165) is 37.3 Å². The van der Waals surface area contributed by atoms with E-state index < -0.39 is 20.7 Å². The topological polar surface area (TPSA) is 57.7 Å². The quantitative estimate of drug-likeness (QED) is 0.792. The number of carbonyl (C=O) groups excluding carboxylic acids is 1. The number of halogens is 1. The molecule has 2 aliphatic heterocycles. The van der Waals surface area contributed by atoms with Gasteiger partial charge >= 0.3 is 0 Å². The highest BCUT2D eigenvalue weighted by Gasteiger charge is 2.30. The highest BCUT2D eigenvalue weighted by atomic mass is 32.2. The molecule has 0 bridgehead atoms. The Bertz CT molecular complexity index is 1000. The maximum absolute atomic E-state index is 14.4. The van der Waals surface area contributed by atoms with Crippen LogP contribution in [0.25, 0.3) is 0 Å². The smallest absolute Gasteiger partial charge is 0.254 e. The fourth-order valence-electron chi connectivity index (χ4n) is 3.93. The van der Waals surface area contributed by atoms with Gasteiger partial charge in [0.25, 0.3) is 5.91 Å². The molecule has 0 N–H and O–H groups in total. The molecule has 28 heavy (non-hydrogen) atoms. The SMILES string of the molecule is O=C(c1ccc(F)c(S(=O)(=O)N2CCCCC2)c1)N1CCc2ccccc2C1. The van der Waals surface area contributed by atoms with E-state index in [1.165, 1.54) is 22.0 Å². The molecule has 0 radical (unpaired) electrons. The second-order valence-electron chi connectivity index (χ2n) is 7.36. The third-order valence-corrected chi connectivity index (χ3v) is 7.44. The van der Waals surface area contributed by atoms with Crippen molar-refractivity contribution in [2.75, 3.05) is 19.6 Å². The summed E-state index contributed by atoms with van der Waals surface area (Å²) in [7, 11) is -3.94. The normalized spacial score (nSPS) is 18.0. The summed E-state index contributed by atoms with van der Waals surface area (Å²) in [5.41, 5.74) is 2.51. The van der Waals surface area contributed by atoms with E-state index in [1.54, 1.807) is 4.90 Å². The van der Waals surface area contributed by atoms with Crippen LogP contribution in [0.4, 0.5) is 4.39 Å². The van der Waals surface area contributed by atoms with Crippen molar-refractivity contribution < 1.29 is 17.6 Å². The molecule has 0 aromatic heterocycles. The standard InChI is InChI=1S/C21H23FN2O3S/c22-19-9-8-17(14-20(19)28(26,27)24-11-4-1-5-12-24)21(25)23-13-10-16-6-2-3-7-18(16)15-23/h2-3,6-9,14H,1,4-5,10-13,15H2. The number of amides is 1. The number of piperidine rings is 1. The molecule has 4 rings (SSSR count). The van der Waals surface area contributed by atoms with Crippen LogP contribution in [0.15, 0.2) is 47.4 Å². The molecular formula is C21H23FN2O3S. The minimum Gasteiger partial charge on any atom is -0.334 e. The van der Waals surface area contributed by atoms with Crippen molar-refractivity contribution >= 4 is 15.9 Å². The molecule has 0 aliphatic carbocycles. The molecule has 1 saturated heterocycles. The Morgan fingerprint density at radius 1 is 0.929 bits per heavy atom. The van der Waals surface area contributed by atoms with Gasteiger partial charge < -0.3 is 4.90 Å². The first kappa shape index (κ1) is 19.1. The Morgan fingerprint density at radius 2 is 1.64 bits per heavy atom. The van der Waals surface area contributed by atoms with E-state index in [9.17, 15) is 17.6 Å². The van der Waals surface area contributed by atoms with E-state index in [1.807, 2.05) is 18.2 Å². The van der Waals surface area contributed by atoms with Crippen molar-refractivity contribution in [2.45, 2.75) is 37.1 Å². The first-order valence-electron chi connectivity index (χ1n) is 9.62. The lowest BCUT2D eigenvalue weighted by molar-refractivity contribution is 0.0734. The van der Waals surface area contributed by atoms with Crippen LogP contribution in [0.5, 0.6) is 0 Å². The second kappa shape index (κ2) is 7.64. The number of benzene rings is 2. The Labute approximate surface area is 164 Å². The fraction of sp³-hybridized carbons (Fsp3) is 0.381. The lowest BCUT2D eigenvalue weighted by Gasteiger charge is -2.29. The van der Waals surface area contributed by atoms with Gasteiger partial charge in [0.1, 0.15) is 10.7 Å². The molecule has 0 saturated carbocycles. The van der Waals surface area contributed by atoms with Gasteiger partial charge in [0.15, 0.2) is 0 Å². The first-order chi connectivity index (χ1) is 13.5. The van der Waals surface area contributed by atoms with Gasteiger partial charge in [-0.05, 0) is 48.6 Å². The maximum atomic E-state index is 14.4. The highest BCUT2D eigenvalue weighted by molar-refractivity contribution is 7.89. The summed E-state index contributed by atoms with van der Waals surface area (Å²) in [5, 5.41) is 0. The van der Waals surface area contributed by atoms with Crippen LogP contribution in [0.3, 0.4) is 0 Å². The molecular weight excluding hydrogens is 379 g/mol. The number of hydrogen-bond acceptors (Lipinski definition) is 3. The highest BCUT2D eigenvalue weighted by Crippen LogP contribution is 2.26. The molecule has 2 aromatic rings. The van der Waals surface area contributed by atoms with Crippen LogP contribution in [-0.2, 0) is 23.0 Å². The van der Waals surface area contributed by atoms with Crippen molar-refractivity contribution in [1.29, 1.82) is 0 Å². The number of sulfonamides is 1. The van der Waals surface area contributed by atoms with Crippen molar-refractivity contribution in [3.05, 3.63) is 65.0 Å². The molecule has 148 valence electrons. The zero-order chi connectivity index (χ0) is 19.7. The zero-order valence-electron chi connectivity index (χ0n) is 15.6. The summed E-state index contributed by atoms with van der Waals surface area (Å²) in [6, 6.07) is 11.6. The molecule has 0 atom stereocenters. The van der Waals surface area contributed by atoms with Gasteiger partial charge in [-0.3, -0.25) is 4.79 Å². The van der Waals surface area contributed by atoms with Crippen molar-refractivity contribution in [3.63, 3.8) is 0 Å². The minimum absolute atomic E-state index is 0.205. The zero-order valence-corrected chi connectivity index (χ0v) is 16.4. The molecule has 7 heteroatoms. The van der Waals surface area contributed by atoms with Gasteiger partial charge in [-0.2, -0.15) is 4.31 Å². The van der Waals surface area contributed by atoms with Gasteiger partial charge in [0.05, 0.1) is 0 Å². The summed E-state index contributed by atoms with van der Waals surface area (Å²) < 4.78 is 41.5. The number of rotatable bonds is 3. The molecule has 2 heterocycles. The summed E-state index contributed by atoms with van der Waals surface area (Å²) >= 11 is 0. The molecule has 0 spiro atoms. The second-order valence-corrected chi connectivity index (χ2v) is 9.26. The molecule has 1 amide bonds. The summed E-state index contributed by atoms with van der Waals surface area (Å²) in [6.45, 7) is 1.81. The van der Waals surface area contributed by atoms with Crippen LogP contribution < -0.4 is 0 Å². The average Bonchev–Trinajstić information content (AvgIpc) is 2.73. The maximum Gasteiger partial charge on any atom is 0.254 e. The third kappa shape index (κ3) is 3.56. The van der Waals surface area contributed by atoms with Gasteiger partial charge in [-0.25, -0.2) is 12.8 Å². The average molecular weight is 402 g/mol. The Kier molecular flexibility index (Phi) is 5.21. The summed E-state index contributed by atoms with van der Waals surface area (Å²) in [6.07, 6.45) is 3.27. The van der Waals surface area contributed by atoms with Crippen LogP contribution in [0, 0.1) is 5.82 Å². The van der Waals surface area contributed by atoms with E-state index in [4.69, 9.17) is 0 Å². The summed E-state index contributed by atoms with van der Waals surface area (Å²) in [5.74, 6) is -1.09. The number of nitrogens with zero attached hydrogens (tertiary/aromatic N) is 2. The van der Waals surface area contributed by atoms with Gasteiger partial charge in [-0.15, -0.1) is 0 Å². The molecule has 2 aromatic carbocycles. The lowest BCUT2D eigenvalue weighted by Crippen LogP contribution is -2.37. The Balaban J connectivity index is 1.61. The van der Waals surface area contributed by atoms with E-state index in [0.29, 0.717) is 26.2 Å². The van der Waals surface area contributed by atoms with E-state index >= 15 is 0 Å². The number of hydrogen-bond donors (Lipinski definition) is 0. The van der Waals surface area contributed by atoms with Crippen LogP contribution in [-0.4, -0.2) is 43.2 Å². The number of fused-ring (bicyclic) bond motifs is 1. The lowest BCUT2D eigenvalue weighted by atomic mass is 9.99. The van der Waals surface area contributed by atoms with Crippen molar-refractivity contribution in [2.24, 2.45) is 0 Å². The van der Waals surface area contributed by atoms with Gasteiger partial charge in [-0.1, -0.05) is 30.7 Å². The Hall–Kier alpha value is -2.25. The molecule has 1 fully saturated rings. The molecule has 0 unspecified atom stereocenters. The number of carbonyl (C=O) groups is 1. The van der Waals surface area contributed by atoms with Crippen LogP contribution in [0.2, 0.25) is 0 Å². The largest absolute Gasteiger partial charge is 0.334 e. The third-order valence-electron chi connectivity index (χ3n) is 5.53. The predicted octanol–water partition coefficient (Wildman–Crippen LogP) is 3.20. The summed E-state index contributed by atoms with van der Waals surface area (Å²) in [4.78, 5) is 14.3. The monoisotopic (exact) mass is 402 g/mol. The van der Waals surface area contributed by atoms with Gasteiger partial charge in [0.2, 0.25) is 10.0 Å².